The van der Waals surface area contributed by atoms with Crippen LogP contribution in [-0.2, 0) is 10.2 Å². The molecule has 0 aromatic carbocycles. The fraction of sp³-hybridized carbons (Fsp3) is 1.00. The third-order valence-electron chi connectivity index (χ3n) is 4.36. The van der Waals surface area contributed by atoms with Crippen LogP contribution in [0.25, 0.3) is 0 Å². The van der Waals surface area contributed by atoms with Crippen molar-refractivity contribution in [3.05, 3.63) is 0 Å². The molecule has 0 saturated carbocycles. The van der Waals surface area contributed by atoms with E-state index >= 15 is 0 Å². The maximum atomic E-state index is 12.6. The van der Waals surface area contributed by atoms with E-state index in [2.05, 4.69) is 0 Å². The van der Waals surface area contributed by atoms with Crippen LogP contribution in [0.1, 0.15) is 38.5 Å². The van der Waals surface area contributed by atoms with E-state index in [1.165, 1.54) is 0 Å². The van der Waals surface area contributed by atoms with E-state index in [4.69, 9.17) is 5.73 Å². The molecule has 2 bridgehead atoms. The largest absolute Gasteiger partial charge is 0.328 e. The molecule has 17 heavy (non-hydrogen) atoms. The van der Waals surface area contributed by atoms with E-state index in [-0.39, 0.29) is 18.1 Å². The summed E-state index contributed by atoms with van der Waals surface area (Å²) in [5, 5.41) is 0. The standard InChI is InChI=1S/C11H21N3O2S/c12-9-7-10-3-4-11(8-9)14(10)17(15,16)13-5-1-2-6-13/h9-11H,1-8,12H2. The van der Waals surface area contributed by atoms with Gasteiger partial charge in [-0.05, 0) is 38.5 Å². The molecular formula is C11H21N3O2S. The summed E-state index contributed by atoms with van der Waals surface area (Å²) in [6.45, 7) is 1.40. The summed E-state index contributed by atoms with van der Waals surface area (Å²) in [7, 11) is -3.21. The predicted octanol–water partition coefficient (Wildman–Crippen LogP) is 0.281. The third kappa shape index (κ3) is 1.91. The lowest BCUT2D eigenvalue weighted by Gasteiger charge is -2.38. The molecule has 2 unspecified atom stereocenters. The van der Waals surface area contributed by atoms with Gasteiger partial charge in [-0.1, -0.05) is 0 Å². The molecule has 3 aliphatic heterocycles. The number of nitrogens with zero attached hydrogens (tertiary/aromatic N) is 2. The molecule has 3 saturated heterocycles. The van der Waals surface area contributed by atoms with Crippen LogP contribution in [0, 0.1) is 0 Å². The predicted molar refractivity (Wildman–Crippen MR) is 65.6 cm³/mol. The Morgan fingerprint density at radius 3 is 2.06 bits per heavy atom. The number of fused-ring (bicyclic) bond motifs is 2. The number of hydrogen-bond acceptors (Lipinski definition) is 3. The second-order valence-corrected chi connectivity index (χ2v) is 7.39. The zero-order valence-corrected chi connectivity index (χ0v) is 10.9. The number of nitrogens with two attached hydrogens (primary N) is 1. The summed E-state index contributed by atoms with van der Waals surface area (Å²) in [4.78, 5) is 0. The van der Waals surface area contributed by atoms with E-state index < -0.39 is 10.2 Å². The van der Waals surface area contributed by atoms with Gasteiger partial charge in [0.25, 0.3) is 10.2 Å². The lowest BCUT2D eigenvalue weighted by atomic mass is 10.0. The summed E-state index contributed by atoms with van der Waals surface area (Å²) in [5.74, 6) is 0. The van der Waals surface area contributed by atoms with Crippen LogP contribution in [-0.4, -0.2) is 48.2 Å². The normalized spacial score (nSPS) is 39.9. The second-order valence-electron chi connectivity index (χ2n) is 5.56. The number of hydrogen-bond donors (Lipinski definition) is 1. The molecule has 98 valence electrons. The topological polar surface area (TPSA) is 66.6 Å². The Kier molecular flexibility index (Phi) is 2.93. The minimum absolute atomic E-state index is 0.161. The maximum absolute atomic E-state index is 12.6. The SMILES string of the molecule is NC1CC2CCC(C1)N2S(=O)(=O)N1CCCC1. The van der Waals surface area contributed by atoms with Crippen LogP contribution in [0.2, 0.25) is 0 Å². The van der Waals surface area contributed by atoms with Crippen LogP contribution in [0.4, 0.5) is 0 Å². The van der Waals surface area contributed by atoms with Gasteiger partial charge in [-0.25, -0.2) is 0 Å². The molecule has 0 aromatic heterocycles. The van der Waals surface area contributed by atoms with Crippen molar-refractivity contribution in [2.45, 2.75) is 56.7 Å². The first-order chi connectivity index (χ1) is 8.09. The van der Waals surface area contributed by atoms with Crippen LogP contribution >= 0.6 is 0 Å². The summed E-state index contributed by atoms with van der Waals surface area (Å²) in [6, 6.07) is 0.515. The number of rotatable bonds is 2. The van der Waals surface area contributed by atoms with Gasteiger partial charge in [0, 0.05) is 31.2 Å². The highest BCUT2D eigenvalue weighted by Gasteiger charge is 2.48. The number of piperidine rings is 1. The van der Waals surface area contributed by atoms with Gasteiger partial charge in [-0.15, -0.1) is 0 Å². The Morgan fingerprint density at radius 2 is 1.53 bits per heavy atom. The molecule has 0 aliphatic carbocycles. The highest BCUT2D eigenvalue weighted by molar-refractivity contribution is 7.86. The highest BCUT2D eigenvalue weighted by Crippen LogP contribution is 2.38. The van der Waals surface area contributed by atoms with E-state index in [9.17, 15) is 8.42 Å². The quantitative estimate of drug-likeness (QED) is 0.774. The molecule has 6 heteroatoms. The fourth-order valence-corrected chi connectivity index (χ4v) is 5.73. The monoisotopic (exact) mass is 259 g/mol. The molecule has 5 nitrogen and oxygen atoms in total. The van der Waals surface area contributed by atoms with Crippen molar-refractivity contribution in [1.82, 2.24) is 8.61 Å². The molecule has 0 amide bonds. The highest BCUT2D eigenvalue weighted by atomic mass is 32.2. The van der Waals surface area contributed by atoms with Gasteiger partial charge in [0.1, 0.15) is 0 Å². The average Bonchev–Trinajstić information content (AvgIpc) is 2.86. The minimum atomic E-state index is -3.21. The van der Waals surface area contributed by atoms with E-state index in [0.29, 0.717) is 13.1 Å². The third-order valence-corrected chi connectivity index (χ3v) is 6.51. The zero-order valence-electron chi connectivity index (χ0n) is 10.1. The van der Waals surface area contributed by atoms with Crippen LogP contribution < -0.4 is 5.73 Å². The Hall–Kier alpha value is -0.170. The first-order valence-electron chi connectivity index (χ1n) is 6.63. The lowest BCUT2D eigenvalue weighted by Crippen LogP contribution is -2.54. The molecule has 2 N–H and O–H groups in total. The molecule has 0 aromatic rings. The zero-order chi connectivity index (χ0) is 12.0. The van der Waals surface area contributed by atoms with Crippen molar-refractivity contribution in [1.29, 1.82) is 0 Å². The molecule has 3 heterocycles. The Balaban J connectivity index is 1.84. The van der Waals surface area contributed by atoms with E-state index in [1.807, 2.05) is 0 Å². The maximum Gasteiger partial charge on any atom is 0.282 e. The summed E-state index contributed by atoms with van der Waals surface area (Å²) < 4.78 is 28.6. The van der Waals surface area contributed by atoms with Gasteiger partial charge < -0.3 is 5.73 Å². The molecule has 2 atom stereocenters. The molecule has 3 fully saturated rings. The average molecular weight is 259 g/mol. The minimum Gasteiger partial charge on any atom is -0.328 e. The van der Waals surface area contributed by atoms with Gasteiger partial charge in [0.05, 0.1) is 0 Å². The smallest absolute Gasteiger partial charge is 0.282 e. The van der Waals surface area contributed by atoms with E-state index in [1.54, 1.807) is 8.61 Å². The van der Waals surface area contributed by atoms with E-state index in [0.717, 1.165) is 38.5 Å². The van der Waals surface area contributed by atoms with Crippen molar-refractivity contribution in [2.75, 3.05) is 13.1 Å². The Bertz CT molecular complexity index is 378. The van der Waals surface area contributed by atoms with Crippen molar-refractivity contribution in [3.63, 3.8) is 0 Å². The van der Waals surface area contributed by atoms with Crippen LogP contribution in [0.3, 0.4) is 0 Å². The summed E-state index contributed by atoms with van der Waals surface area (Å²) >= 11 is 0. The van der Waals surface area contributed by atoms with Gasteiger partial charge >= 0.3 is 0 Å². The molecule has 3 rings (SSSR count). The van der Waals surface area contributed by atoms with Crippen molar-refractivity contribution < 1.29 is 8.42 Å². The van der Waals surface area contributed by atoms with Crippen molar-refractivity contribution in [2.24, 2.45) is 5.73 Å². The van der Waals surface area contributed by atoms with Gasteiger partial charge in [-0.2, -0.15) is 17.0 Å². The Morgan fingerprint density at radius 1 is 1.00 bits per heavy atom. The first kappa shape index (κ1) is 11.9. The second kappa shape index (κ2) is 4.19. The summed E-state index contributed by atoms with van der Waals surface area (Å²) in [5.41, 5.74) is 5.98. The van der Waals surface area contributed by atoms with Gasteiger partial charge in [0.2, 0.25) is 0 Å². The first-order valence-corrected chi connectivity index (χ1v) is 8.03. The van der Waals surface area contributed by atoms with Crippen molar-refractivity contribution in [3.8, 4) is 0 Å². The molecule has 0 radical (unpaired) electrons. The fourth-order valence-electron chi connectivity index (χ4n) is 3.60. The lowest BCUT2D eigenvalue weighted by molar-refractivity contribution is 0.213. The van der Waals surface area contributed by atoms with Crippen LogP contribution in [0.5, 0.6) is 0 Å². The van der Waals surface area contributed by atoms with Crippen LogP contribution in [0.15, 0.2) is 0 Å². The van der Waals surface area contributed by atoms with Gasteiger partial charge in [-0.3, -0.25) is 0 Å². The molecule has 3 aliphatic rings. The molecular weight excluding hydrogens is 238 g/mol. The van der Waals surface area contributed by atoms with Crippen molar-refractivity contribution >= 4 is 10.2 Å². The Labute approximate surface area is 103 Å². The molecule has 0 spiro atoms. The summed E-state index contributed by atoms with van der Waals surface area (Å²) in [6.07, 6.45) is 5.66. The van der Waals surface area contributed by atoms with Gasteiger partial charge in [0.15, 0.2) is 0 Å².